The number of hydrogen-bond donors (Lipinski definition) is 0. The highest BCUT2D eigenvalue weighted by molar-refractivity contribution is 5.69. The monoisotopic (exact) mass is 514 g/mol. The Labute approximate surface area is 226 Å². The van der Waals surface area contributed by atoms with E-state index in [9.17, 15) is 4.79 Å². The molecule has 0 unspecified atom stereocenters. The summed E-state index contributed by atoms with van der Waals surface area (Å²) in [5, 5.41) is 0. The maximum absolute atomic E-state index is 12.5. The molecule has 2 aliphatic heterocycles. The Bertz CT molecular complexity index is 862. The molecule has 0 aromatic heterocycles. The van der Waals surface area contributed by atoms with Crippen LogP contribution in [0, 0.1) is 58.2 Å². The highest BCUT2D eigenvalue weighted by Crippen LogP contribution is 2.71. The van der Waals surface area contributed by atoms with E-state index in [-0.39, 0.29) is 17.9 Å². The molecule has 6 aliphatic rings. The van der Waals surface area contributed by atoms with Gasteiger partial charge >= 0.3 is 5.97 Å². The molecule has 13 atom stereocenters. The maximum atomic E-state index is 12.5. The summed E-state index contributed by atoms with van der Waals surface area (Å²) < 4.78 is 19.5. The molecule has 6 rings (SSSR count). The fourth-order valence-electron chi connectivity index (χ4n) is 11.0. The summed E-state index contributed by atoms with van der Waals surface area (Å²) in [6, 6.07) is 0. The van der Waals surface area contributed by atoms with Crippen LogP contribution < -0.4 is 0 Å². The first kappa shape index (κ1) is 26.6. The molecule has 0 radical (unpaired) electrons. The van der Waals surface area contributed by atoms with E-state index in [1.54, 1.807) is 0 Å². The van der Waals surface area contributed by atoms with Gasteiger partial charge < -0.3 is 14.2 Å². The van der Waals surface area contributed by atoms with Crippen molar-refractivity contribution in [1.29, 1.82) is 0 Å². The van der Waals surface area contributed by atoms with Crippen molar-refractivity contribution in [3.63, 3.8) is 0 Å². The first-order chi connectivity index (χ1) is 17.6. The summed E-state index contributed by atoms with van der Waals surface area (Å²) in [6.07, 6.45) is 14.6. The molecular formula is C33H54O4. The van der Waals surface area contributed by atoms with Gasteiger partial charge in [0.15, 0.2) is 5.79 Å². The summed E-state index contributed by atoms with van der Waals surface area (Å²) in [5.41, 5.74) is 0.810. The second kappa shape index (κ2) is 9.50. The zero-order valence-corrected chi connectivity index (χ0v) is 24.6. The fraction of sp³-hybridized carbons (Fsp3) is 0.970. The largest absolute Gasteiger partial charge is 0.462 e. The normalized spacial score (nSPS) is 53.6. The number of esters is 1. The summed E-state index contributed by atoms with van der Waals surface area (Å²) in [7, 11) is 0. The molecule has 4 heteroatoms. The van der Waals surface area contributed by atoms with Gasteiger partial charge in [0.1, 0.15) is 6.10 Å². The third-order valence-electron chi connectivity index (χ3n) is 13.4. The smallest absolute Gasteiger partial charge is 0.306 e. The fourth-order valence-corrected chi connectivity index (χ4v) is 11.0. The van der Waals surface area contributed by atoms with Gasteiger partial charge in [-0.15, -0.1) is 0 Å². The van der Waals surface area contributed by atoms with Crippen molar-refractivity contribution in [3.05, 3.63) is 0 Å². The predicted octanol–water partition coefficient (Wildman–Crippen LogP) is 7.78. The van der Waals surface area contributed by atoms with Gasteiger partial charge in [-0.25, -0.2) is 0 Å². The van der Waals surface area contributed by atoms with Gasteiger partial charge in [0, 0.05) is 18.8 Å². The Hall–Kier alpha value is -0.610. The molecule has 2 saturated heterocycles. The van der Waals surface area contributed by atoms with Crippen molar-refractivity contribution in [2.24, 2.45) is 58.2 Å². The molecule has 0 amide bonds. The van der Waals surface area contributed by atoms with Crippen molar-refractivity contribution < 1.29 is 19.0 Å². The summed E-state index contributed by atoms with van der Waals surface area (Å²) >= 11 is 0. The van der Waals surface area contributed by atoms with E-state index in [1.807, 2.05) is 0 Å². The first-order valence-electron chi connectivity index (χ1n) is 16.1. The number of carbonyl (C=O) groups excluding carboxylic acids is 1. The molecule has 0 aromatic carbocycles. The number of rotatable bonds is 4. The van der Waals surface area contributed by atoms with Crippen LogP contribution in [-0.4, -0.2) is 30.6 Å². The summed E-state index contributed by atoms with van der Waals surface area (Å²) in [5.74, 6) is 5.15. The number of hydrogen-bond acceptors (Lipinski definition) is 4. The number of carbonyl (C=O) groups is 1. The van der Waals surface area contributed by atoms with E-state index in [0.29, 0.717) is 52.9 Å². The zero-order valence-electron chi connectivity index (χ0n) is 24.6. The van der Waals surface area contributed by atoms with Crippen LogP contribution in [0.25, 0.3) is 0 Å². The minimum absolute atomic E-state index is 0.0332. The van der Waals surface area contributed by atoms with Gasteiger partial charge in [-0.2, -0.15) is 0 Å². The van der Waals surface area contributed by atoms with E-state index in [4.69, 9.17) is 14.2 Å². The minimum Gasteiger partial charge on any atom is -0.462 e. The van der Waals surface area contributed by atoms with Crippen molar-refractivity contribution in [2.75, 3.05) is 6.61 Å². The van der Waals surface area contributed by atoms with E-state index >= 15 is 0 Å². The third-order valence-corrected chi connectivity index (χ3v) is 13.4. The predicted molar refractivity (Wildman–Crippen MR) is 146 cm³/mol. The minimum atomic E-state index is -0.305. The Morgan fingerprint density at radius 1 is 0.973 bits per heavy atom. The van der Waals surface area contributed by atoms with E-state index < -0.39 is 0 Å². The first-order valence-corrected chi connectivity index (χ1v) is 16.1. The van der Waals surface area contributed by atoms with Crippen LogP contribution >= 0.6 is 0 Å². The molecule has 2 heterocycles. The zero-order chi connectivity index (χ0) is 26.2. The van der Waals surface area contributed by atoms with Gasteiger partial charge in [0.05, 0.1) is 12.7 Å². The van der Waals surface area contributed by atoms with Gasteiger partial charge in [-0.1, -0.05) is 48.0 Å². The second-order valence-corrected chi connectivity index (χ2v) is 15.3. The lowest BCUT2D eigenvalue weighted by molar-refractivity contribution is -0.273. The highest BCUT2D eigenvalue weighted by atomic mass is 16.7. The van der Waals surface area contributed by atoms with Crippen LogP contribution in [0.1, 0.15) is 119 Å². The van der Waals surface area contributed by atoms with Gasteiger partial charge in [0.2, 0.25) is 0 Å². The Kier molecular flexibility index (Phi) is 6.83. The molecule has 4 nitrogen and oxygen atoms in total. The molecule has 37 heavy (non-hydrogen) atoms. The molecular weight excluding hydrogens is 460 g/mol. The quantitative estimate of drug-likeness (QED) is 0.359. The molecule has 4 aliphatic carbocycles. The van der Waals surface area contributed by atoms with Crippen molar-refractivity contribution in [1.82, 2.24) is 0 Å². The maximum Gasteiger partial charge on any atom is 0.306 e. The molecule has 210 valence electrons. The van der Waals surface area contributed by atoms with E-state index in [0.717, 1.165) is 50.0 Å². The number of ether oxygens (including phenoxy) is 3. The van der Waals surface area contributed by atoms with Crippen molar-refractivity contribution in [2.45, 2.75) is 137 Å². The van der Waals surface area contributed by atoms with Crippen LogP contribution in [0.2, 0.25) is 0 Å². The Morgan fingerprint density at radius 3 is 2.49 bits per heavy atom. The molecule has 0 bridgehead atoms. The average molecular weight is 515 g/mol. The molecule has 1 spiro atoms. The molecule has 0 N–H and O–H groups in total. The standard InChI is InChI=1S/C33H54O4/c1-7-20(2)16-29(34)36-24-11-13-31(5)23(17-24)8-9-25-26(31)12-14-32(6)27(25)18-28-30(32)22(4)33(37-28)15-10-21(3)19-35-33/h20-28,30H,7-19H2,1-6H3/t20-,21-,22+,23+,24-,25-,26+,27-,28+,30+,31+,32+,33+/m1/s1. The summed E-state index contributed by atoms with van der Waals surface area (Å²) in [4.78, 5) is 12.5. The highest BCUT2D eigenvalue weighted by Gasteiger charge is 2.69. The Balaban J connectivity index is 1.13. The van der Waals surface area contributed by atoms with Crippen LogP contribution in [0.4, 0.5) is 0 Å². The van der Waals surface area contributed by atoms with Crippen LogP contribution in [0.3, 0.4) is 0 Å². The average Bonchev–Trinajstić information content (AvgIpc) is 3.31. The van der Waals surface area contributed by atoms with E-state index in [2.05, 4.69) is 41.5 Å². The lowest BCUT2D eigenvalue weighted by Gasteiger charge is -2.61. The topological polar surface area (TPSA) is 44.8 Å². The SMILES string of the molecule is CC[C@@H](C)CC(=O)O[C@@H]1CC[C@@]2(C)[C@@H](CC[C@H]3[C@H]4C[C@@H]5O[C@@]6(CC[C@@H](C)CO6)[C@@H](C)[C@@H]5[C@@]4(C)CC[C@@H]32)C1. The van der Waals surface area contributed by atoms with Gasteiger partial charge in [-0.05, 0) is 110 Å². The van der Waals surface area contributed by atoms with Gasteiger partial charge in [0.25, 0.3) is 0 Å². The van der Waals surface area contributed by atoms with Crippen molar-refractivity contribution >= 4 is 5.97 Å². The van der Waals surface area contributed by atoms with E-state index in [1.165, 1.54) is 44.9 Å². The van der Waals surface area contributed by atoms with Crippen LogP contribution in [-0.2, 0) is 19.0 Å². The Morgan fingerprint density at radius 2 is 1.76 bits per heavy atom. The molecule has 0 aromatic rings. The lowest BCUT2D eigenvalue weighted by Crippen LogP contribution is -2.55. The van der Waals surface area contributed by atoms with Crippen LogP contribution in [0.15, 0.2) is 0 Å². The molecule has 6 fully saturated rings. The van der Waals surface area contributed by atoms with Crippen molar-refractivity contribution in [3.8, 4) is 0 Å². The second-order valence-electron chi connectivity index (χ2n) is 15.3. The summed E-state index contributed by atoms with van der Waals surface area (Å²) in [6.45, 7) is 15.2. The molecule has 4 saturated carbocycles. The van der Waals surface area contributed by atoms with Crippen LogP contribution in [0.5, 0.6) is 0 Å². The third kappa shape index (κ3) is 4.16. The van der Waals surface area contributed by atoms with Gasteiger partial charge in [-0.3, -0.25) is 4.79 Å². The lowest BCUT2D eigenvalue weighted by atomic mass is 9.44. The number of fused-ring (bicyclic) bond motifs is 7.